The van der Waals surface area contributed by atoms with E-state index < -0.39 is 18.0 Å². The molecule has 2 N–H and O–H groups in total. The Morgan fingerprint density at radius 2 is 1.75 bits per heavy atom. The van der Waals surface area contributed by atoms with Gasteiger partial charge in [0.2, 0.25) is 0 Å². The summed E-state index contributed by atoms with van der Waals surface area (Å²) in [7, 11) is 2.54. The van der Waals surface area contributed by atoms with Gasteiger partial charge in [0.15, 0.2) is 6.29 Å². The molecule has 6 heteroatoms. The van der Waals surface area contributed by atoms with Crippen LogP contribution in [0.3, 0.4) is 0 Å². The van der Waals surface area contributed by atoms with Crippen molar-refractivity contribution in [1.29, 1.82) is 0 Å². The minimum Gasteiger partial charge on any atom is -0.399 e. The number of hydrogen-bond donors (Lipinski definition) is 1. The fourth-order valence-electron chi connectivity index (χ4n) is 1.38. The number of nitrogen functional groups attached to an aromatic ring is 1. The summed E-state index contributed by atoms with van der Waals surface area (Å²) in [5.41, 5.74) is 4.43. The van der Waals surface area contributed by atoms with Gasteiger partial charge in [0.1, 0.15) is 0 Å². The van der Waals surface area contributed by atoms with Crippen LogP contribution in [0.5, 0.6) is 0 Å². The zero-order valence-electron chi connectivity index (χ0n) is 8.84. The van der Waals surface area contributed by atoms with Crippen LogP contribution in [0.1, 0.15) is 17.4 Å². The Kier molecular flexibility index (Phi) is 3.77. The van der Waals surface area contributed by atoms with Crippen molar-refractivity contribution in [3.63, 3.8) is 0 Å². The van der Waals surface area contributed by atoms with Gasteiger partial charge in [-0.1, -0.05) is 6.07 Å². The standard InChI is InChI=1S/C10H12F3NO2/c1-15-9(16-2)7-4-3-6(14)5-8(7)10(11,12)13/h3-5,9H,14H2,1-2H3. The van der Waals surface area contributed by atoms with Crippen LogP contribution < -0.4 is 5.73 Å². The molecule has 0 spiro atoms. The Labute approximate surface area is 91.0 Å². The van der Waals surface area contributed by atoms with E-state index in [0.717, 1.165) is 6.07 Å². The number of methoxy groups -OCH3 is 2. The van der Waals surface area contributed by atoms with E-state index in [2.05, 4.69) is 0 Å². The second-order valence-electron chi connectivity index (χ2n) is 3.15. The zero-order chi connectivity index (χ0) is 12.3. The van der Waals surface area contributed by atoms with Crippen molar-refractivity contribution in [3.05, 3.63) is 29.3 Å². The third-order valence-corrected chi connectivity index (χ3v) is 2.06. The van der Waals surface area contributed by atoms with Crippen molar-refractivity contribution in [2.75, 3.05) is 20.0 Å². The van der Waals surface area contributed by atoms with E-state index in [1.807, 2.05) is 0 Å². The maximum Gasteiger partial charge on any atom is 0.416 e. The van der Waals surface area contributed by atoms with E-state index in [0.29, 0.717) is 0 Å². The fourth-order valence-corrected chi connectivity index (χ4v) is 1.38. The quantitative estimate of drug-likeness (QED) is 0.646. The van der Waals surface area contributed by atoms with E-state index in [9.17, 15) is 13.2 Å². The lowest BCUT2D eigenvalue weighted by molar-refractivity contribution is -0.147. The summed E-state index contributed by atoms with van der Waals surface area (Å²) in [5.74, 6) is 0. The molecule has 0 saturated carbocycles. The van der Waals surface area contributed by atoms with Crippen LogP contribution in [-0.4, -0.2) is 14.2 Å². The van der Waals surface area contributed by atoms with Crippen molar-refractivity contribution in [3.8, 4) is 0 Å². The normalized spacial score (nSPS) is 12.1. The van der Waals surface area contributed by atoms with Crippen LogP contribution in [0.25, 0.3) is 0 Å². The first-order valence-corrected chi connectivity index (χ1v) is 4.42. The largest absolute Gasteiger partial charge is 0.416 e. The summed E-state index contributed by atoms with van der Waals surface area (Å²) in [6.45, 7) is 0. The highest BCUT2D eigenvalue weighted by Crippen LogP contribution is 2.36. The Morgan fingerprint density at radius 1 is 1.19 bits per heavy atom. The predicted octanol–water partition coefficient (Wildman–Crippen LogP) is 2.58. The first-order chi connectivity index (χ1) is 7.40. The van der Waals surface area contributed by atoms with Crippen LogP contribution in [0.4, 0.5) is 18.9 Å². The lowest BCUT2D eigenvalue weighted by Gasteiger charge is -2.19. The molecule has 0 aliphatic carbocycles. The average Bonchev–Trinajstić information content (AvgIpc) is 2.20. The predicted molar refractivity (Wildman–Crippen MR) is 52.6 cm³/mol. The van der Waals surface area contributed by atoms with E-state index in [-0.39, 0.29) is 11.3 Å². The molecule has 0 bridgehead atoms. The van der Waals surface area contributed by atoms with Gasteiger partial charge >= 0.3 is 6.18 Å². The van der Waals surface area contributed by atoms with E-state index in [4.69, 9.17) is 15.2 Å². The zero-order valence-corrected chi connectivity index (χ0v) is 8.84. The lowest BCUT2D eigenvalue weighted by atomic mass is 10.1. The van der Waals surface area contributed by atoms with Crippen molar-refractivity contribution in [2.24, 2.45) is 0 Å². The van der Waals surface area contributed by atoms with Crippen LogP contribution in [0.15, 0.2) is 18.2 Å². The topological polar surface area (TPSA) is 44.5 Å². The number of rotatable bonds is 3. The van der Waals surface area contributed by atoms with Crippen LogP contribution in [-0.2, 0) is 15.7 Å². The second kappa shape index (κ2) is 4.71. The van der Waals surface area contributed by atoms with Crippen LogP contribution >= 0.6 is 0 Å². The van der Waals surface area contributed by atoms with Gasteiger partial charge in [0.25, 0.3) is 0 Å². The Bertz CT molecular complexity index is 362. The molecule has 0 aliphatic heterocycles. The molecular weight excluding hydrogens is 223 g/mol. The van der Waals surface area contributed by atoms with Crippen molar-refractivity contribution in [1.82, 2.24) is 0 Å². The smallest absolute Gasteiger partial charge is 0.399 e. The van der Waals surface area contributed by atoms with Crippen molar-refractivity contribution >= 4 is 5.69 Å². The molecule has 0 aromatic heterocycles. The number of ether oxygens (including phenoxy) is 2. The van der Waals surface area contributed by atoms with Crippen LogP contribution in [0, 0.1) is 0 Å². The number of nitrogens with two attached hydrogens (primary N) is 1. The number of hydrogen-bond acceptors (Lipinski definition) is 3. The lowest BCUT2D eigenvalue weighted by Crippen LogP contribution is -2.14. The Morgan fingerprint density at radius 3 is 2.19 bits per heavy atom. The number of halogens is 3. The average molecular weight is 235 g/mol. The Balaban J connectivity index is 3.27. The fraction of sp³-hybridized carbons (Fsp3) is 0.400. The maximum atomic E-state index is 12.7. The molecule has 0 unspecified atom stereocenters. The van der Waals surface area contributed by atoms with Crippen molar-refractivity contribution < 1.29 is 22.6 Å². The summed E-state index contributed by atoms with van der Waals surface area (Å²) >= 11 is 0. The minimum atomic E-state index is -4.49. The van der Waals surface area contributed by atoms with Gasteiger partial charge in [0.05, 0.1) is 5.56 Å². The number of alkyl halides is 3. The third kappa shape index (κ3) is 2.65. The molecule has 0 aliphatic rings. The van der Waals surface area contributed by atoms with Crippen LogP contribution in [0.2, 0.25) is 0 Å². The summed E-state index contributed by atoms with van der Waals surface area (Å²) in [6.07, 6.45) is -5.54. The van der Waals surface area contributed by atoms with Gasteiger partial charge in [-0.2, -0.15) is 13.2 Å². The minimum absolute atomic E-state index is 0.0435. The summed E-state index contributed by atoms with van der Waals surface area (Å²) < 4.78 is 47.7. The molecule has 1 aromatic rings. The van der Waals surface area contributed by atoms with Gasteiger partial charge in [0, 0.05) is 25.5 Å². The molecular formula is C10H12F3NO2. The molecule has 0 radical (unpaired) electrons. The second-order valence-corrected chi connectivity index (χ2v) is 3.15. The van der Waals surface area contributed by atoms with Gasteiger partial charge in [-0.05, 0) is 12.1 Å². The van der Waals surface area contributed by atoms with E-state index in [1.54, 1.807) is 0 Å². The highest BCUT2D eigenvalue weighted by Gasteiger charge is 2.35. The molecule has 0 atom stereocenters. The first-order valence-electron chi connectivity index (χ1n) is 4.42. The summed E-state index contributed by atoms with van der Waals surface area (Å²) in [4.78, 5) is 0. The molecule has 0 saturated heterocycles. The molecule has 16 heavy (non-hydrogen) atoms. The summed E-state index contributed by atoms with van der Waals surface area (Å²) in [6, 6.07) is 3.48. The van der Waals surface area contributed by atoms with E-state index >= 15 is 0 Å². The van der Waals surface area contributed by atoms with E-state index in [1.165, 1.54) is 26.4 Å². The highest BCUT2D eigenvalue weighted by molar-refractivity contribution is 5.46. The molecule has 0 amide bonds. The molecule has 3 nitrogen and oxygen atoms in total. The number of anilines is 1. The Hall–Kier alpha value is -1.27. The maximum absolute atomic E-state index is 12.7. The molecule has 1 aromatic carbocycles. The highest BCUT2D eigenvalue weighted by atomic mass is 19.4. The molecule has 90 valence electrons. The SMILES string of the molecule is COC(OC)c1ccc(N)cc1C(F)(F)F. The molecule has 1 rings (SSSR count). The van der Waals surface area contributed by atoms with Gasteiger partial charge in [-0.3, -0.25) is 0 Å². The third-order valence-electron chi connectivity index (χ3n) is 2.06. The molecule has 0 fully saturated rings. The number of benzene rings is 1. The van der Waals surface area contributed by atoms with Gasteiger partial charge < -0.3 is 15.2 Å². The first kappa shape index (κ1) is 12.8. The monoisotopic (exact) mass is 235 g/mol. The molecule has 0 heterocycles. The van der Waals surface area contributed by atoms with Gasteiger partial charge in [-0.25, -0.2) is 0 Å². The van der Waals surface area contributed by atoms with Gasteiger partial charge in [-0.15, -0.1) is 0 Å². The summed E-state index contributed by atoms with van der Waals surface area (Å²) in [5, 5.41) is 0. The van der Waals surface area contributed by atoms with Crippen molar-refractivity contribution in [2.45, 2.75) is 12.5 Å².